The third-order valence-corrected chi connectivity index (χ3v) is 3.81. The van der Waals surface area contributed by atoms with Crippen LogP contribution in [0.3, 0.4) is 0 Å². The van der Waals surface area contributed by atoms with Crippen LogP contribution >= 0.6 is 0 Å². The molecule has 2 aliphatic rings. The van der Waals surface area contributed by atoms with Gasteiger partial charge in [0.2, 0.25) is 5.95 Å². The van der Waals surface area contributed by atoms with Gasteiger partial charge in [-0.1, -0.05) is 0 Å². The van der Waals surface area contributed by atoms with Gasteiger partial charge < -0.3 is 15.5 Å². The summed E-state index contributed by atoms with van der Waals surface area (Å²) < 4.78 is 0. The molecule has 1 aromatic heterocycles. The Balaban J connectivity index is 1.62. The zero-order valence-electron chi connectivity index (χ0n) is 10.9. The normalized spacial score (nSPS) is 23.4. The maximum atomic E-state index is 4.60. The highest BCUT2D eigenvalue weighted by Gasteiger charge is 2.23. The molecule has 2 N–H and O–H groups in total. The lowest BCUT2D eigenvalue weighted by molar-refractivity contribution is 0.616. The molecule has 3 rings (SSSR count). The Morgan fingerprint density at radius 1 is 1.39 bits per heavy atom. The van der Waals surface area contributed by atoms with Gasteiger partial charge >= 0.3 is 0 Å². The van der Waals surface area contributed by atoms with Crippen molar-refractivity contribution in [2.24, 2.45) is 5.92 Å². The number of anilines is 2. The average Bonchev–Trinajstić information content (AvgIpc) is 3.12. The molecule has 2 heterocycles. The first-order valence-corrected chi connectivity index (χ1v) is 6.84. The molecule has 0 amide bonds. The van der Waals surface area contributed by atoms with Crippen molar-refractivity contribution >= 4 is 11.8 Å². The van der Waals surface area contributed by atoms with Crippen molar-refractivity contribution in [3.05, 3.63) is 12.3 Å². The van der Waals surface area contributed by atoms with E-state index in [4.69, 9.17) is 0 Å². The SMILES string of the molecule is CNC1CCN(c2ccnc(NCC3CC3)n2)C1. The molecule has 5 nitrogen and oxygen atoms in total. The minimum Gasteiger partial charge on any atom is -0.355 e. The standard InChI is InChI=1S/C13H21N5/c1-14-11-5-7-18(9-11)12-4-6-15-13(17-12)16-8-10-2-3-10/h4,6,10-11,14H,2-3,5,7-9H2,1H3,(H,15,16,17). The summed E-state index contributed by atoms with van der Waals surface area (Å²) in [5.74, 6) is 2.66. The van der Waals surface area contributed by atoms with Crippen LogP contribution < -0.4 is 15.5 Å². The summed E-state index contributed by atoms with van der Waals surface area (Å²) in [6.07, 6.45) is 5.74. The Labute approximate surface area is 108 Å². The van der Waals surface area contributed by atoms with Crippen molar-refractivity contribution in [2.75, 3.05) is 36.9 Å². The van der Waals surface area contributed by atoms with E-state index in [1.165, 1.54) is 19.3 Å². The van der Waals surface area contributed by atoms with Crippen molar-refractivity contribution < 1.29 is 0 Å². The summed E-state index contributed by atoms with van der Waals surface area (Å²) in [6.45, 7) is 3.13. The molecule has 0 spiro atoms. The highest BCUT2D eigenvalue weighted by Crippen LogP contribution is 2.28. The van der Waals surface area contributed by atoms with E-state index in [2.05, 4.69) is 25.5 Å². The summed E-state index contributed by atoms with van der Waals surface area (Å²) in [5, 5.41) is 6.66. The van der Waals surface area contributed by atoms with Gasteiger partial charge in [0, 0.05) is 31.9 Å². The van der Waals surface area contributed by atoms with Crippen LogP contribution in [-0.2, 0) is 0 Å². The summed E-state index contributed by atoms with van der Waals surface area (Å²) >= 11 is 0. The Bertz CT molecular complexity index is 404. The molecule has 0 bridgehead atoms. The lowest BCUT2D eigenvalue weighted by Crippen LogP contribution is -2.30. The van der Waals surface area contributed by atoms with E-state index in [1.54, 1.807) is 0 Å². The van der Waals surface area contributed by atoms with E-state index in [-0.39, 0.29) is 0 Å². The van der Waals surface area contributed by atoms with Gasteiger partial charge in [0.1, 0.15) is 5.82 Å². The largest absolute Gasteiger partial charge is 0.355 e. The van der Waals surface area contributed by atoms with Crippen molar-refractivity contribution in [1.29, 1.82) is 0 Å². The molecular weight excluding hydrogens is 226 g/mol. The second kappa shape index (κ2) is 5.10. The number of rotatable bonds is 5. The van der Waals surface area contributed by atoms with Crippen molar-refractivity contribution in [1.82, 2.24) is 15.3 Å². The van der Waals surface area contributed by atoms with Crippen LogP contribution in [0.1, 0.15) is 19.3 Å². The molecule has 1 aromatic rings. The fourth-order valence-electron chi connectivity index (χ4n) is 2.37. The minimum atomic E-state index is 0.586. The number of aromatic nitrogens is 2. The molecule has 0 radical (unpaired) electrons. The second-order valence-electron chi connectivity index (χ2n) is 5.28. The van der Waals surface area contributed by atoms with Crippen LogP contribution in [0.4, 0.5) is 11.8 Å². The van der Waals surface area contributed by atoms with Gasteiger partial charge in [0.15, 0.2) is 0 Å². The van der Waals surface area contributed by atoms with Crippen molar-refractivity contribution in [3.63, 3.8) is 0 Å². The lowest BCUT2D eigenvalue weighted by Gasteiger charge is -2.17. The highest BCUT2D eigenvalue weighted by molar-refractivity contribution is 5.43. The Kier molecular flexibility index (Phi) is 3.32. The van der Waals surface area contributed by atoms with Gasteiger partial charge in [-0.15, -0.1) is 0 Å². The summed E-state index contributed by atoms with van der Waals surface area (Å²) in [6, 6.07) is 2.59. The van der Waals surface area contributed by atoms with E-state index >= 15 is 0 Å². The van der Waals surface area contributed by atoms with Crippen LogP contribution in [0.15, 0.2) is 12.3 Å². The Morgan fingerprint density at radius 2 is 2.28 bits per heavy atom. The zero-order valence-corrected chi connectivity index (χ0v) is 10.9. The molecule has 1 saturated heterocycles. The number of nitrogens with one attached hydrogen (secondary N) is 2. The fourth-order valence-corrected chi connectivity index (χ4v) is 2.37. The van der Waals surface area contributed by atoms with E-state index in [1.807, 2.05) is 19.3 Å². The van der Waals surface area contributed by atoms with Crippen LogP contribution in [-0.4, -0.2) is 42.7 Å². The molecule has 1 aliphatic heterocycles. The van der Waals surface area contributed by atoms with Crippen molar-refractivity contribution in [2.45, 2.75) is 25.3 Å². The summed E-state index contributed by atoms with van der Waals surface area (Å²) in [7, 11) is 2.02. The van der Waals surface area contributed by atoms with E-state index in [0.717, 1.165) is 37.3 Å². The van der Waals surface area contributed by atoms with Gasteiger partial charge in [-0.25, -0.2) is 4.98 Å². The molecule has 1 unspecified atom stereocenters. The predicted octanol–water partition coefficient (Wildman–Crippen LogP) is 1.10. The summed E-state index contributed by atoms with van der Waals surface area (Å²) in [4.78, 5) is 11.2. The minimum absolute atomic E-state index is 0.586. The van der Waals surface area contributed by atoms with Crippen LogP contribution in [0.25, 0.3) is 0 Å². The first-order chi connectivity index (χ1) is 8.85. The number of hydrogen-bond donors (Lipinski definition) is 2. The molecule has 2 fully saturated rings. The Hall–Kier alpha value is -1.36. The van der Waals surface area contributed by atoms with E-state index < -0.39 is 0 Å². The monoisotopic (exact) mass is 247 g/mol. The topological polar surface area (TPSA) is 53.1 Å². The molecule has 1 aliphatic carbocycles. The molecule has 98 valence electrons. The first kappa shape index (κ1) is 11.7. The Morgan fingerprint density at radius 3 is 3.00 bits per heavy atom. The lowest BCUT2D eigenvalue weighted by atomic mass is 10.3. The van der Waals surface area contributed by atoms with E-state index in [0.29, 0.717) is 6.04 Å². The third kappa shape index (κ3) is 2.72. The number of hydrogen-bond acceptors (Lipinski definition) is 5. The smallest absolute Gasteiger partial charge is 0.224 e. The number of likely N-dealkylation sites (N-methyl/N-ethyl adjacent to an activating group) is 1. The van der Waals surface area contributed by atoms with Crippen LogP contribution in [0, 0.1) is 5.92 Å². The highest BCUT2D eigenvalue weighted by atomic mass is 15.3. The van der Waals surface area contributed by atoms with Crippen LogP contribution in [0.2, 0.25) is 0 Å². The average molecular weight is 247 g/mol. The van der Waals surface area contributed by atoms with Crippen molar-refractivity contribution in [3.8, 4) is 0 Å². The maximum Gasteiger partial charge on any atom is 0.224 e. The molecule has 0 aromatic carbocycles. The van der Waals surface area contributed by atoms with Gasteiger partial charge in [0.25, 0.3) is 0 Å². The van der Waals surface area contributed by atoms with Gasteiger partial charge in [-0.05, 0) is 38.3 Å². The third-order valence-electron chi connectivity index (χ3n) is 3.81. The van der Waals surface area contributed by atoms with E-state index in [9.17, 15) is 0 Å². The first-order valence-electron chi connectivity index (χ1n) is 6.84. The molecule has 18 heavy (non-hydrogen) atoms. The quantitative estimate of drug-likeness (QED) is 0.816. The van der Waals surface area contributed by atoms with Crippen LogP contribution in [0.5, 0.6) is 0 Å². The van der Waals surface area contributed by atoms with Gasteiger partial charge in [0.05, 0.1) is 0 Å². The predicted molar refractivity (Wildman–Crippen MR) is 72.9 cm³/mol. The summed E-state index contributed by atoms with van der Waals surface area (Å²) in [5.41, 5.74) is 0. The molecule has 1 atom stereocenters. The zero-order chi connectivity index (χ0) is 12.4. The fraction of sp³-hybridized carbons (Fsp3) is 0.692. The molecule has 1 saturated carbocycles. The second-order valence-corrected chi connectivity index (χ2v) is 5.28. The van der Waals surface area contributed by atoms with Gasteiger partial charge in [-0.2, -0.15) is 4.98 Å². The molecular formula is C13H21N5. The van der Waals surface area contributed by atoms with Gasteiger partial charge in [-0.3, -0.25) is 0 Å². The maximum absolute atomic E-state index is 4.60. The molecule has 5 heteroatoms. The number of nitrogens with zero attached hydrogens (tertiary/aromatic N) is 3.